The van der Waals surface area contributed by atoms with E-state index in [0.29, 0.717) is 12.8 Å². The third-order valence-corrected chi connectivity index (χ3v) is 5.78. The van der Waals surface area contributed by atoms with Crippen LogP contribution < -0.4 is 0 Å². The second-order valence-electron chi connectivity index (χ2n) is 5.45. The second-order valence-corrected chi connectivity index (χ2v) is 8.82. The van der Waals surface area contributed by atoms with E-state index in [9.17, 15) is 13.5 Å². The van der Waals surface area contributed by atoms with Crippen LogP contribution in [0, 0.1) is 5.41 Å². The molecule has 0 aromatic rings. The van der Waals surface area contributed by atoms with Crippen LogP contribution in [0.4, 0.5) is 0 Å². The molecule has 1 fully saturated rings. The van der Waals surface area contributed by atoms with Crippen LogP contribution in [0.5, 0.6) is 0 Å². The van der Waals surface area contributed by atoms with E-state index in [0.717, 1.165) is 17.9 Å². The van der Waals surface area contributed by atoms with Crippen LogP contribution in [0.15, 0.2) is 0 Å². The van der Waals surface area contributed by atoms with Gasteiger partial charge in [0.25, 0.3) is 0 Å². The summed E-state index contributed by atoms with van der Waals surface area (Å²) >= 11 is 1.76. The van der Waals surface area contributed by atoms with Gasteiger partial charge in [-0.05, 0) is 30.4 Å². The predicted molar refractivity (Wildman–Crippen MR) is 69.6 cm³/mol. The number of sulfone groups is 1. The average Bonchev–Trinajstić information content (AvgIpc) is 2.08. The Kier molecular flexibility index (Phi) is 4.35. The highest BCUT2D eigenvalue weighted by Gasteiger charge is 2.44. The number of rotatable bonds is 4. The number of thioether (sulfide) groups is 1. The molecule has 0 aromatic carbocycles. The Morgan fingerprint density at radius 1 is 1.38 bits per heavy atom. The van der Waals surface area contributed by atoms with Gasteiger partial charge in [-0.3, -0.25) is 0 Å². The Bertz CT molecular complexity index is 335. The van der Waals surface area contributed by atoms with Gasteiger partial charge in [0.15, 0.2) is 0 Å². The number of hydrogen-bond acceptors (Lipinski definition) is 4. The molecule has 5 heteroatoms. The van der Waals surface area contributed by atoms with E-state index in [2.05, 4.69) is 13.8 Å². The monoisotopic (exact) mass is 266 g/mol. The standard InChI is InChI=1S/C11H22O3S2/c1-10(2)6-7-15-9-11(10,12)5-4-8-16(3,13)14/h12H,4-9H2,1-3H3. The summed E-state index contributed by atoms with van der Waals surface area (Å²) in [5, 5.41) is 10.6. The molecule has 1 N–H and O–H groups in total. The Morgan fingerprint density at radius 3 is 2.50 bits per heavy atom. The van der Waals surface area contributed by atoms with Crippen molar-refractivity contribution in [3.8, 4) is 0 Å². The predicted octanol–water partition coefficient (Wildman–Crippen LogP) is 1.71. The van der Waals surface area contributed by atoms with Crippen LogP contribution in [-0.4, -0.2) is 42.6 Å². The maximum absolute atomic E-state index is 11.1. The van der Waals surface area contributed by atoms with Gasteiger partial charge in [-0.15, -0.1) is 0 Å². The van der Waals surface area contributed by atoms with Crippen LogP contribution in [0.3, 0.4) is 0 Å². The maximum atomic E-state index is 11.1. The van der Waals surface area contributed by atoms with Crippen molar-refractivity contribution in [2.24, 2.45) is 5.41 Å². The summed E-state index contributed by atoms with van der Waals surface area (Å²) in [4.78, 5) is 0. The smallest absolute Gasteiger partial charge is 0.147 e. The van der Waals surface area contributed by atoms with Crippen LogP contribution in [0.1, 0.15) is 33.1 Å². The molecule has 1 unspecified atom stereocenters. The highest BCUT2D eigenvalue weighted by Crippen LogP contribution is 2.44. The Morgan fingerprint density at radius 2 is 2.00 bits per heavy atom. The van der Waals surface area contributed by atoms with Gasteiger partial charge in [0, 0.05) is 17.8 Å². The molecule has 0 aliphatic carbocycles. The Labute approximate surface area is 103 Å². The molecule has 1 atom stereocenters. The summed E-state index contributed by atoms with van der Waals surface area (Å²) in [6.45, 7) is 4.15. The van der Waals surface area contributed by atoms with E-state index in [4.69, 9.17) is 0 Å². The minimum Gasteiger partial charge on any atom is -0.388 e. The Hall–Kier alpha value is 0.260. The van der Waals surface area contributed by atoms with Gasteiger partial charge in [0.2, 0.25) is 0 Å². The molecule has 0 amide bonds. The lowest BCUT2D eigenvalue weighted by Gasteiger charge is -2.46. The molecular weight excluding hydrogens is 244 g/mol. The highest BCUT2D eigenvalue weighted by atomic mass is 32.2. The topological polar surface area (TPSA) is 54.4 Å². The van der Waals surface area contributed by atoms with Crippen molar-refractivity contribution in [3.05, 3.63) is 0 Å². The highest BCUT2D eigenvalue weighted by molar-refractivity contribution is 7.99. The first kappa shape index (κ1) is 14.3. The van der Waals surface area contributed by atoms with Crippen LogP contribution in [0.2, 0.25) is 0 Å². The molecule has 3 nitrogen and oxygen atoms in total. The lowest BCUT2D eigenvalue weighted by molar-refractivity contribution is -0.0585. The van der Waals surface area contributed by atoms with Crippen molar-refractivity contribution in [2.75, 3.05) is 23.5 Å². The molecular formula is C11H22O3S2. The number of hydrogen-bond donors (Lipinski definition) is 1. The summed E-state index contributed by atoms with van der Waals surface area (Å²) in [6, 6.07) is 0. The van der Waals surface area contributed by atoms with Crippen molar-refractivity contribution in [1.82, 2.24) is 0 Å². The van der Waals surface area contributed by atoms with E-state index in [1.807, 2.05) is 0 Å². The quantitative estimate of drug-likeness (QED) is 0.841. The minimum atomic E-state index is -2.91. The summed E-state index contributed by atoms with van der Waals surface area (Å²) in [5.41, 5.74) is -0.809. The Balaban J connectivity index is 2.56. The first-order valence-electron chi connectivity index (χ1n) is 5.64. The summed E-state index contributed by atoms with van der Waals surface area (Å²) < 4.78 is 22.1. The normalized spacial score (nSPS) is 30.2. The number of aliphatic hydroxyl groups is 1. The van der Waals surface area contributed by atoms with Crippen LogP contribution >= 0.6 is 11.8 Å². The van der Waals surface area contributed by atoms with Crippen LogP contribution in [-0.2, 0) is 9.84 Å². The molecule has 0 aromatic heterocycles. The third-order valence-electron chi connectivity index (χ3n) is 3.58. The van der Waals surface area contributed by atoms with E-state index < -0.39 is 15.4 Å². The zero-order valence-electron chi connectivity index (χ0n) is 10.3. The SMILES string of the molecule is CC1(C)CCSCC1(O)CCCS(C)(=O)=O. The molecule has 1 rings (SSSR count). The molecule has 1 saturated heterocycles. The van der Waals surface area contributed by atoms with Crippen molar-refractivity contribution in [2.45, 2.75) is 38.7 Å². The largest absolute Gasteiger partial charge is 0.388 e. The van der Waals surface area contributed by atoms with Crippen molar-refractivity contribution >= 4 is 21.6 Å². The van der Waals surface area contributed by atoms with Crippen molar-refractivity contribution < 1.29 is 13.5 Å². The maximum Gasteiger partial charge on any atom is 0.147 e. The second kappa shape index (κ2) is 4.86. The minimum absolute atomic E-state index is 0.101. The molecule has 0 spiro atoms. The first-order valence-corrected chi connectivity index (χ1v) is 8.86. The zero-order chi connectivity index (χ0) is 12.4. The van der Waals surface area contributed by atoms with Gasteiger partial charge in [-0.25, -0.2) is 8.42 Å². The fraction of sp³-hybridized carbons (Fsp3) is 1.00. The van der Waals surface area contributed by atoms with Gasteiger partial charge in [0.1, 0.15) is 9.84 Å². The summed E-state index contributed by atoms with van der Waals surface area (Å²) in [6.07, 6.45) is 3.38. The fourth-order valence-corrected chi connectivity index (χ4v) is 4.37. The van der Waals surface area contributed by atoms with Crippen molar-refractivity contribution in [3.63, 3.8) is 0 Å². The lowest BCUT2D eigenvalue weighted by Crippen LogP contribution is -2.50. The van der Waals surface area contributed by atoms with E-state index in [-0.39, 0.29) is 11.2 Å². The van der Waals surface area contributed by atoms with Gasteiger partial charge < -0.3 is 5.11 Å². The molecule has 16 heavy (non-hydrogen) atoms. The van der Waals surface area contributed by atoms with Gasteiger partial charge in [0.05, 0.1) is 5.60 Å². The molecule has 1 aliphatic rings. The molecule has 0 bridgehead atoms. The average molecular weight is 266 g/mol. The van der Waals surface area contributed by atoms with Crippen molar-refractivity contribution in [1.29, 1.82) is 0 Å². The van der Waals surface area contributed by atoms with Gasteiger partial charge in [-0.2, -0.15) is 11.8 Å². The zero-order valence-corrected chi connectivity index (χ0v) is 12.0. The van der Waals surface area contributed by atoms with E-state index in [1.165, 1.54) is 6.26 Å². The van der Waals surface area contributed by atoms with Gasteiger partial charge >= 0.3 is 0 Å². The molecule has 0 saturated carbocycles. The molecule has 1 aliphatic heterocycles. The first-order chi connectivity index (χ1) is 7.16. The fourth-order valence-electron chi connectivity index (χ4n) is 2.03. The molecule has 0 radical (unpaired) electrons. The molecule has 96 valence electrons. The lowest BCUT2D eigenvalue weighted by atomic mass is 9.71. The third kappa shape index (κ3) is 3.64. The van der Waals surface area contributed by atoms with Gasteiger partial charge in [-0.1, -0.05) is 13.8 Å². The van der Waals surface area contributed by atoms with E-state index in [1.54, 1.807) is 11.8 Å². The van der Waals surface area contributed by atoms with E-state index >= 15 is 0 Å². The summed E-state index contributed by atoms with van der Waals surface area (Å²) in [5.74, 6) is 1.99. The summed E-state index contributed by atoms with van der Waals surface area (Å²) in [7, 11) is -2.91. The molecule has 1 heterocycles. The van der Waals surface area contributed by atoms with Crippen LogP contribution in [0.25, 0.3) is 0 Å².